The van der Waals surface area contributed by atoms with Crippen LogP contribution in [0.2, 0.25) is 5.02 Å². The van der Waals surface area contributed by atoms with Gasteiger partial charge in [-0.25, -0.2) is 27.4 Å². The molecule has 10 nitrogen and oxygen atoms in total. The van der Waals surface area contributed by atoms with E-state index in [0.29, 0.717) is 66.0 Å². The van der Waals surface area contributed by atoms with Crippen molar-refractivity contribution in [3.63, 3.8) is 0 Å². The lowest BCUT2D eigenvalue weighted by molar-refractivity contribution is 0.329. The van der Waals surface area contributed by atoms with Gasteiger partial charge >= 0.3 is 0 Å². The minimum atomic E-state index is -3.18. The molecule has 12 heteroatoms. The number of rotatable bonds is 7. The number of anilines is 1. The Morgan fingerprint density at radius 1 is 1.29 bits per heavy atom. The molecule has 0 atom stereocenters. The van der Waals surface area contributed by atoms with Crippen LogP contribution in [0.1, 0.15) is 30.9 Å². The minimum absolute atomic E-state index is 0.0340. The van der Waals surface area contributed by atoms with Gasteiger partial charge in [-0.2, -0.15) is 10.4 Å². The molecule has 0 aliphatic carbocycles. The van der Waals surface area contributed by atoms with Crippen LogP contribution in [-0.4, -0.2) is 57.4 Å². The lowest BCUT2D eigenvalue weighted by atomic mass is 10.1. The number of nitrogens with two attached hydrogens (primary N) is 1. The van der Waals surface area contributed by atoms with E-state index >= 15 is 0 Å². The van der Waals surface area contributed by atoms with Gasteiger partial charge in [-0.05, 0) is 37.5 Å². The predicted octanol–water partition coefficient (Wildman–Crippen LogP) is 2.54. The second kappa shape index (κ2) is 10.1. The number of hydrogen-bond acceptors (Lipinski definition) is 8. The van der Waals surface area contributed by atoms with E-state index in [1.807, 2.05) is 12.1 Å². The third kappa shape index (κ3) is 5.05. The Morgan fingerprint density at radius 2 is 2.06 bits per heavy atom. The molecular formula is C22H25ClN8O2S. The van der Waals surface area contributed by atoms with Crippen LogP contribution >= 0.6 is 11.6 Å². The quantitative estimate of drug-likeness (QED) is 0.503. The monoisotopic (exact) mass is 500 g/mol. The Kier molecular flexibility index (Phi) is 7.13. The van der Waals surface area contributed by atoms with Gasteiger partial charge in [-0.15, -0.1) is 0 Å². The second-order valence-corrected chi connectivity index (χ2v) is 10.6. The van der Waals surface area contributed by atoms with Gasteiger partial charge in [0.1, 0.15) is 6.07 Å². The van der Waals surface area contributed by atoms with Gasteiger partial charge in [0.25, 0.3) is 0 Å². The van der Waals surface area contributed by atoms with Gasteiger partial charge in [0, 0.05) is 37.4 Å². The standard InChI is InChI=1S/C22H25ClN8O2S/c1-2-34(32,33)30-7-5-18(6-8-30)28-22-26-12-16(11-25)21(29-22)17-13-27-31(14-17)20-4-3-15(10-24)9-19(20)23/h3-4,9,12-14,18H,2,5-8,10,24H2,1H3,(H,26,28,29). The van der Waals surface area contributed by atoms with Crippen LogP contribution in [0.3, 0.4) is 0 Å². The average Bonchev–Trinajstić information content (AvgIpc) is 3.34. The molecule has 0 bridgehead atoms. The van der Waals surface area contributed by atoms with Gasteiger partial charge in [-0.1, -0.05) is 17.7 Å². The van der Waals surface area contributed by atoms with Gasteiger partial charge in [-0.3, -0.25) is 0 Å². The molecule has 0 unspecified atom stereocenters. The van der Waals surface area contributed by atoms with Crippen LogP contribution in [-0.2, 0) is 16.6 Å². The fraction of sp³-hybridized carbons (Fsp3) is 0.364. The number of aromatic nitrogens is 4. The van der Waals surface area contributed by atoms with E-state index in [1.165, 1.54) is 10.5 Å². The Morgan fingerprint density at radius 3 is 2.71 bits per heavy atom. The van der Waals surface area contributed by atoms with Crippen LogP contribution < -0.4 is 11.1 Å². The van der Waals surface area contributed by atoms with E-state index in [0.717, 1.165) is 5.56 Å². The summed E-state index contributed by atoms with van der Waals surface area (Å²) in [5.74, 6) is 0.479. The molecule has 4 rings (SSSR count). The van der Waals surface area contributed by atoms with Crippen molar-refractivity contribution < 1.29 is 8.42 Å². The maximum Gasteiger partial charge on any atom is 0.223 e. The van der Waals surface area contributed by atoms with Crippen molar-refractivity contribution in [1.29, 1.82) is 5.26 Å². The Labute approximate surface area is 203 Å². The largest absolute Gasteiger partial charge is 0.351 e. The van der Waals surface area contributed by atoms with Crippen LogP contribution in [0.4, 0.5) is 5.95 Å². The van der Waals surface area contributed by atoms with Crippen LogP contribution in [0, 0.1) is 11.3 Å². The van der Waals surface area contributed by atoms with Gasteiger partial charge in [0.05, 0.1) is 40.1 Å². The summed E-state index contributed by atoms with van der Waals surface area (Å²) >= 11 is 6.39. The van der Waals surface area contributed by atoms with Crippen molar-refractivity contribution in [2.45, 2.75) is 32.4 Å². The van der Waals surface area contributed by atoms with Crippen molar-refractivity contribution in [2.75, 3.05) is 24.2 Å². The van der Waals surface area contributed by atoms with Crippen LogP contribution in [0.5, 0.6) is 0 Å². The van der Waals surface area contributed by atoms with Crippen LogP contribution in [0.15, 0.2) is 36.8 Å². The zero-order valence-electron chi connectivity index (χ0n) is 18.6. The molecule has 1 fully saturated rings. The average molecular weight is 501 g/mol. The smallest absolute Gasteiger partial charge is 0.223 e. The molecule has 3 aromatic rings. The fourth-order valence-corrected chi connectivity index (χ4v) is 5.26. The van der Waals surface area contributed by atoms with Crippen molar-refractivity contribution in [3.05, 3.63) is 52.9 Å². The predicted molar refractivity (Wildman–Crippen MR) is 130 cm³/mol. The molecule has 1 aliphatic heterocycles. The normalized spacial score (nSPS) is 15.2. The van der Waals surface area contributed by atoms with Crippen molar-refractivity contribution in [3.8, 4) is 23.0 Å². The van der Waals surface area contributed by atoms with Crippen molar-refractivity contribution >= 4 is 27.6 Å². The number of nitriles is 1. The molecule has 0 spiro atoms. The third-order valence-electron chi connectivity index (χ3n) is 5.81. The zero-order chi connectivity index (χ0) is 24.3. The SMILES string of the molecule is CCS(=O)(=O)N1CCC(Nc2ncc(C#N)c(-c3cnn(-c4ccc(CN)cc4Cl)c3)n2)CC1. The van der Waals surface area contributed by atoms with E-state index < -0.39 is 10.0 Å². The summed E-state index contributed by atoms with van der Waals surface area (Å²) in [5.41, 5.74) is 8.68. The Bertz CT molecular complexity index is 1330. The first-order valence-corrected chi connectivity index (χ1v) is 12.9. The fourth-order valence-electron chi connectivity index (χ4n) is 3.84. The van der Waals surface area contributed by atoms with E-state index in [-0.39, 0.29) is 11.8 Å². The number of piperidine rings is 1. The highest BCUT2D eigenvalue weighted by molar-refractivity contribution is 7.89. The minimum Gasteiger partial charge on any atom is -0.351 e. The highest BCUT2D eigenvalue weighted by atomic mass is 35.5. The first-order chi connectivity index (χ1) is 16.3. The maximum atomic E-state index is 12.1. The maximum absolute atomic E-state index is 12.1. The molecule has 3 heterocycles. The van der Waals surface area contributed by atoms with Gasteiger partial charge < -0.3 is 11.1 Å². The highest BCUT2D eigenvalue weighted by Gasteiger charge is 2.27. The number of hydrogen-bond donors (Lipinski definition) is 2. The molecule has 0 saturated carbocycles. The summed E-state index contributed by atoms with van der Waals surface area (Å²) in [7, 11) is -3.18. The summed E-state index contributed by atoms with van der Waals surface area (Å²) in [4.78, 5) is 8.84. The molecular weight excluding hydrogens is 476 g/mol. The van der Waals surface area contributed by atoms with Crippen molar-refractivity contribution in [2.24, 2.45) is 5.73 Å². The molecule has 2 aromatic heterocycles. The number of benzene rings is 1. The summed E-state index contributed by atoms with van der Waals surface area (Å²) in [6.45, 7) is 2.94. The topological polar surface area (TPSA) is 143 Å². The first-order valence-electron chi connectivity index (χ1n) is 10.9. The van der Waals surface area contributed by atoms with Gasteiger partial charge in [0.15, 0.2) is 0 Å². The summed E-state index contributed by atoms with van der Waals surface area (Å²) in [6, 6.07) is 7.67. The number of halogens is 1. The van der Waals surface area contributed by atoms with E-state index in [9.17, 15) is 13.7 Å². The van der Waals surface area contributed by atoms with Crippen LogP contribution in [0.25, 0.3) is 16.9 Å². The number of nitrogens with one attached hydrogen (secondary N) is 1. The Balaban J connectivity index is 1.54. The Hall–Kier alpha value is -3.04. The van der Waals surface area contributed by atoms with E-state index in [2.05, 4.69) is 26.5 Å². The molecule has 3 N–H and O–H groups in total. The molecule has 34 heavy (non-hydrogen) atoms. The van der Waals surface area contributed by atoms with Gasteiger partial charge in [0.2, 0.25) is 16.0 Å². The molecule has 0 radical (unpaired) electrons. The number of sulfonamides is 1. The number of nitrogens with zero attached hydrogens (tertiary/aromatic N) is 6. The summed E-state index contributed by atoms with van der Waals surface area (Å²) in [6.07, 6.45) is 6.14. The summed E-state index contributed by atoms with van der Waals surface area (Å²) in [5, 5.41) is 17.8. The molecule has 1 aromatic carbocycles. The molecule has 1 aliphatic rings. The lowest BCUT2D eigenvalue weighted by Gasteiger charge is -2.31. The van der Waals surface area contributed by atoms with E-state index in [4.69, 9.17) is 17.3 Å². The third-order valence-corrected chi connectivity index (χ3v) is 7.99. The van der Waals surface area contributed by atoms with Crippen molar-refractivity contribution in [1.82, 2.24) is 24.1 Å². The van der Waals surface area contributed by atoms with E-state index in [1.54, 1.807) is 30.1 Å². The summed E-state index contributed by atoms with van der Waals surface area (Å²) < 4.78 is 27.3. The second-order valence-electron chi connectivity index (χ2n) is 7.95. The first kappa shape index (κ1) is 24.1. The zero-order valence-corrected chi connectivity index (χ0v) is 20.2. The lowest BCUT2D eigenvalue weighted by Crippen LogP contribution is -2.43. The highest BCUT2D eigenvalue weighted by Crippen LogP contribution is 2.26. The molecule has 0 amide bonds. The molecule has 1 saturated heterocycles. The molecule has 178 valence electrons.